The fraction of sp³-hybridized carbons (Fsp3) is 0.240. The van der Waals surface area contributed by atoms with Gasteiger partial charge in [-0.05, 0) is 42.3 Å². The van der Waals surface area contributed by atoms with Crippen LogP contribution in [0.25, 0.3) is 10.4 Å². The second kappa shape index (κ2) is 8.09. The van der Waals surface area contributed by atoms with Crippen LogP contribution in [0.15, 0.2) is 60.7 Å². The van der Waals surface area contributed by atoms with E-state index in [2.05, 4.69) is 11.4 Å². The highest BCUT2D eigenvalue weighted by atomic mass is 32.1. The van der Waals surface area contributed by atoms with Crippen molar-refractivity contribution in [3.63, 3.8) is 0 Å². The molecule has 0 saturated carbocycles. The summed E-state index contributed by atoms with van der Waals surface area (Å²) in [5.41, 5.74) is 0.931. The minimum absolute atomic E-state index is 0.0307. The van der Waals surface area contributed by atoms with E-state index in [1.54, 1.807) is 24.3 Å². The molecule has 33 heavy (non-hydrogen) atoms. The van der Waals surface area contributed by atoms with Gasteiger partial charge < -0.3 is 5.32 Å². The van der Waals surface area contributed by atoms with Crippen molar-refractivity contribution in [2.75, 3.05) is 7.05 Å². The van der Waals surface area contributed by atoms with Gasteiger partial charge in [-0.25, -0.2) is 8.78 Å². The summed E-state index contributed by atoms with van der Waals surface area (Å²) in [5.74, 6) is -4.03. The monoisotopic (exact) mass is 464 g/mol. The second-order valence-corrected chi connectivity index (χ2v) is 9.46. The molecule has 2 N–H and O–H groups in total. The molecule has 1 unspecified atom stereocenters. The Morgan fingerprint density at radius 3 is 2.52 bits per heavy atom. The van der Waals surface area contributed by atoms with Crippen molar-refractivity contribution in [1.29, 1.82) is 10.7 Å². The summed E-state index contributed by atoms with van der Waals surface area (Å²) < 4.78 is 27.4. The van der Waals surface area contributed by atoms with E-state index in [-0.39, 0.29) is 17.4 Å². The maximum absolute atomic E-state index is 13.7. The molecule has 2 atom stereocenters. The topological polar surface area (TPSA) is 80.0 Å². The quantitative estimate of drug-likeness (QED) is 0.543. The highest BCUT2D eigenvalue weighted by molar-refractivity contribution is 7.15. The molecule has 1 aromatic heterocycles. The minimum atomic E-state index is -2.98. The van der Waals surface area contributed by atoms with Crippen molar-refractivity contribution in [2.45, 2.75) is 31.2 Å². The first-order chi connectivity index (χ1) is 15.5. The molecule has 3 aromatic rings. The zero-order valence-corrected chi connectivity index (χ0v) is 19.1. The summed E-state index contributed by atoms with van der Waals surface area (Å²) in [4.78, 5) is 16.3. The number of hydrogen-bond acceptors (Lipinski definition) is 4. The lowest BCUT2D eigenvalue weighted by Gasteiger charge is -2.45. The van der Waals surface area contributed by atoms with E-state index in [9.17, 15) is 18.8 Å². The molecule has 0 radical (unpaired) electrons. The van der Waals surface area contributed by atoms with E-state index in [1.165, 1.54) is 35.4 Å². The number of alkyl halides is 2. The normalized spacial score (nSPS) is 21.0. The molecule has 1 fully saturated rings. The molecule has 0 spiro atoms. The second-order valence-electron chi connectivity index (χ2n) is 8.37. The van der Waals surface area contributed by atoms with Crippen molar-refractivity contribution < 1.29 is 13.6 Å². The van der Waals surface area contributed by atoms with Crippen LogP contribution >= 0.6 is 11.3 Å². The van der Waals surface area contributed by atoms with E-state index < -0.39 is 17.4 Å². The standard InChI is InChI=1S/C25H22F2N4OS/c1-24(20-12-11-19(33-20)17-6-4-5-15(13-17)14-28)21(22(32)31(3)23(29)30-24)16-7-9-18(10-8-16)25(2,26)27/h4-13,21H,1-3H3,(H2,29,30)/t21?,24-/m1/s1. The number of nitrogens with zero attached hydrogens (tertiary/aromatic N) is 2. The average molecular weight is 465 g/mol. The zero-order valence-electron chi connectivity index (χ0n) is 18.3. The number of halogens is 2. The van der Waals surface area contributed by atoms with E-state index in [0.717, 1.165) is 22.2 Å². The Balaban J connectivity index is 1.79. The molecule has 1 aliphatic heterocycles. The Labute approximate surface area is 194 Å². The SMILES string of the molecule is CN1C(=N)N[C@](C)(c2ccc(-c3cccc(C#N)c3)s2)C(c2ccc(C(C)(F)F)cc2)C1=O. The van der Waals surface area contributed by atoms with Crippen LogP contribution in [0, 0.1) is 16.7 Å². The smallest absolute Gasteiger partial charge is 0.270 e. The van der Waals surface area contributed by atoms with Crippen molar-refractivity contribution >= 4 is 23.2 Å². The number of hydrogen-bond donors (Lipinski definition) is 2. The van der Waals surface area contributed by atoms with Gasteiger partial charge in [0.2, 0.25) is 5.91 Å². The van der Waals surface area contributed by atoms with Crippen molar-refractivity contribution in [2.24, 2.45) is 0 Å². The van der Waals surface area contributed by atoms with Gasteiger partial charge in [0.15, 0.2) is 5.96 Å². The largest absolute Gasteiger partial charge is 0.345 e. The molecular weight excluding hydrogens is 442 g/mol. The molecule has 0 aliphatic carbocycles. The van der Waals surface area contributed by atoms with Crippen LogP contribution in [0.2, 0.25) is 0 Å². The van der Waals surface area contributed by atoms with Crippen LogP contribution in [0.4, 0.5) is 8.78 Å². The molecule has 168 valence electrons. The van der Waals surface area contributed by atoms with E-state index >= 15 is 0 Å². The number of benzene rings is 2. The molecule has 0 bridgehead atoms. The van der Waals surface area contributed by atoms with Crippen LogP contribution in [0.3, 0.4) is 0 Å². The molecule has 1 amide bonds. The predicted octanol–water partition coefficient (Wildman–Crippen LogP) is 5.39. The lowest BCUT2D eigenvalue weighted by Crippen LogP contribution is -2.62. The third-order valence-electron chi connectivity index (χ3n) is 6.01. The average Bonchev–Trinajstić information content (AvgIpc) is 3.29. The Morgan fingerprint density at radius 1 is 1.18 bits per heavy atom. The highest BCUT2D eigenvalue weighted by Gasteiger charge is 2.49. The third kappa shape index (κ3) is 4.00. The molecule has 4 rings (SSSR count). The number of nitriles is 1. The van der Waals surface area contributed by atoms with Crippen molar-refractivity contribution in [3.05, 3.63) is 82.2 Å². The summed E-state index contributed by atoms with van der Waals surface area (Å²) in [6.45, 7) is 2.68. The number of carbonyl (C=O) groups excluding carboxylic acids is 1. The molecular formula is C25H22F2N4OS. The van der Waals surface area contributed by atoms with Gasteiger partial charge in [0.25, 0.3) is 5.92 Å². The van der Waals surface area contributed by atoms with Gasteiger partial charge in [-0.2, -0.15) is 5.26 Å². The number of carbonyl (C=O) groups is 1. The highest BCUT2D eigenvalue weighted by Crippen LogP contribution is 2.45. The summed E-state index contributed by atoms with van der Waals surface area (Å²) in [5, 5.41) is 20.7. The van der Waals surface area contributed by atoms with Gasteiger partial charge in [0.05, 0.1) is 23.1 Å². The molecule has 8 heteroatoms. The molecule has 1 aliphatic rings. The number of thiophene rings is 1. The van der Waals surface area contributed by atoms with E-state index in [4.69, 9.17) is 5.41 Å². The van der Waals surface area contributed by atoms with Crippen LogP contribution in [0.1, 0.15) is 41.3 Å². The summed E-state index contributed by atoms with van der Waals surface area (Å²) in [6, 6.07) is 19.0. The lowest BCUT2D eigenvalue weighted by atomic mass is 9.76. The first-order valence-corrected chi connectivity index (χ1v) is 11.1. The number of guanidine groups is 1. The Kier molecular flexibility index (Phi) is 5.54. The van der Waals surface area contributed by atoms with Gasteiger partial charge >= 0.3 is 0 Å². The fourth-order valence-electron chi connectivity index (χ4n) is 4.11. The Hall–Kier alpha value is -3.57. The first-order valence-electron chi connectivity index (χ1n) is 10.3. The summed E-state index contributed by atoms with van der Waals surface area (Å²) >= 11 is 1.46. The van der Waals surface area contributed by atoms with Crippen LogP contribution in [0.5, 0.6) is 0 Å². The van der Waals surface area contributed by atoms with Crippen LogP contribution in [-0.2, 0) is 16.3 Å². The van der Waals surface area contributed by atoms with Gasteiger partial charge in [0, 0.05) is 29.3 Å². The number of rotatable bonds is 4. The number of likely N-dealkylation sites (N-methyl/N-ethyl adjacent to an activating group) is 1. The molecule has 1 saturated heterocycles. The maximum atomic E-state index is 13.7. The minimum Gasteiger partial charge on any atom is -0.345 e. The lowest BCUT2D eigenvalue weighted by molar-refractivity contribution is -0.131. The Morgan fingerprint density at radius 2 is 1.88 bits per heavy atom. The Bertz CT molecular complexity index is 1270. The first kappa shape index (κ1) is 22.6. The number of nitrogens with one attached hydrogen (secondary N) is 2. The maximum Gasteiger partial charge on any atom is 0.270 e. The molecule has 5 nitrogen and oxygen atoms in total. The number of amides is 1. The molecule has 2 aromatic carbocycles. The van der Waals surface area contributed by atoms with Crippen molar-refractivity contribution in [1.82, 2.24) is 10.2 Å². The van der Waals surface area contributed by atoms with Gasteiger partial charge in [0.1, 0.15) is 0 Å². The molecule has 2 heterocycles. The third-order valence-corrected chi connectivity index (χ3v) is 7.39. The summed E-state index contributed by atoms with van der Waals surface area (Å²) in [7, 11) is 1.52. The van der Waals surface area contributed by atoms with Crippen LogP contribution < -0.4 is 5.32 Å². The van der Waals surface area contributed by atoms with E-state index in [1.807, 2.05) is 31.2 Å². The summed E-state index contributed by atoms with van der Waals surface area (Å²) in [6.07, 6.45) is 0. The van der Waals surface area contributed by atoms with Crippen molar-refractivity contribution in [3.8, 4) is 16.5 Å². The van der Waals surface area contributed by atoms with Crippen LogP contribution in [-0.4, -0.2) is 23.8 Å². The van der Waals surface area contributed by atoms with Gasteiger partial charge in [-0.3, -0.25) is 15.1 Å². The fourth-order valence-corrected chi connectivity index (χ4v) is 5.25. The van der Waals surface area contributed by atoms with E-state index in [0.29, 0.717) is 11.1 Å². The zero-order chi connectivity index (χ0) is 24.0. The predicted molar refractivity (Wildman–Crippen MR) is 124 cm³/mol. The van der Waals surface area contributed by atoms with Gasteiger partial charge in [-0.15, -0.1) is 11.3 Å². The van der Waals surface area contributed by atoms with Gasteiger partial charge in [-0.1, -0.05) is 36.4 Å².